The highest BCUT2D eigenvalue weighted by Gasteiger charge is 2.29. The first kappa shape index (κ1) is 16.4. The Morgan fingerprint density at radius 1 is 1.00 bits per heavy atom. The van der Waals surface area contributed by atoms with Gasteiger partial charge in [-0.05, 0) is 30.5 Å². The van der Waals surface area contributed by atoms with E-state index >= 15 is 0 Å². The number of amides is 1. The Labute approximate surface area is 141 Å². The van der Waals surface area contributed by atoms with Crippen molar-refractivity contribution in [1.29, 1.82) is 0 Å². The standard InChI is InChI=1S/C20H21NO3/c22-14-15-8-10-16(11-9-15)19(23)18-7-4-12-21(13-18)20(24)17-5-2-1-3-6-17/h1-3,5-6,8-11,18,22H,4,7,12-14H2. The van der Waals surface area contributed by atoms with Gasteiger partial charge >= 0.3 is 0 Å². The molecule has 1 fully saturated rings. The number of hydrogen-bond donors (Lipinski definition) is 1. The molecule has 4 nitrogen and oxygen atoms in total. The molecule has 3 rings (SSSR count). The summed E-state index contributed by atoms with van der Waals surface area (Å²) in [7, 11) is 0. The second-order valence-corrected chi connectivity index (χ2v) is 6.18. The molecule has 1 unspecified atom stereocenters. The van der Waals surface area contributed by atoms with Crippen molar-refractivity contribution in [3.63, 3.8) is 0 Å². The maximum absolute atomic E-state index is 12.7. The molecule has 0 spiro atoms. The quantitative estimate of drug-likeness (QED) is 0.880. The van der Waals surface area contributed by atoms with Crippen LogP contribution in [-0.2, 0) is 6.61 Å². The molecule has 0 aromatic heterocycles. The summed E-state index contributed by atoms with van der Waals surface area (Å²) in [4.78, 5) is 27.1. The third-order valence-electron chi connectivity index (χ3n) is 4.52. The highest BCUT2D eigenvalue weighted by atomic mass is 16.3. The van der Waals surface area contributed by atoms with E-state index in [1.54, 1.807) is 41.3 Å². The normalized spacial score (nSPS) is 17.5. The Bertz CT molecular complexity index is 709. The molecule has 2 aromatic carbocycles. The Balaban J connectivity index is 1.70. The van der Waals surface area contributed by atoms with Crippen molar-refractivity contribution in [2.45, 2.75) is 19.4 Å². The number of benzene rings is 2. The van der Waals surface area contributed by atoms with Crippen molar-refractivity contribution in [3.05, 3.63) is 71.3 Å². The third kappa shape index (κ3) is 3.54. The molecule has 0 bridgehead atoms. The molecule has 1 aliphatic heterocycles. The minimum absolute atomic E-state index is 0.0104. The van der Waals surface area contributed by atoms with E-state index in [0.717, 1.165) is 18.4 Å². The van der Waals surface area contributed by atoms with Crippen molar-refractivity contribution < 1.29 is 14.7 Å². The molecule has 1 amide bonds. The number of carbonyl (C=O) groups excluding carboxylic acids is 2. The number of ketones is 1. The fraction of sp³-hybridized carbons (Fsp3) is 0.300. The fourth-order valence-electron chi connectivity index (χ4n) is 3.15. The number of rotatable bonds is 4. The predicted octanol–water partition coefficient (Wildman–Crippen LogP) is 2.91. The summed E-state index contributed by atoms with van der Waals surface area (Å²) >= 11 is 0. The number of aliphatic hydroxyl groups is 1. The van der Waals surface area contributed by atoms with Crippen LogP contribution < -0.4 is 0 Å². The topological polar surface area (TPSA) is 57.6 Å². The molecule has 4 heteroatoms. The number of aliphatic hydroxyl groups excluding tert-OH is 1. The fourth-order valence-corrected chi connectivity index (χ4v) is 3.15. The molecular weight excluding hydrogens is 302 g/mol. The maximum atomic E-state index is 12.7. The van der Waals surface area contributed by atoms with Gasteiger partial charge in [-0.15, -0.1) is 0 Å². The van der Waals surface area contributed by atoms with Crippen molar-refractivity contribution in [2.75, 3.05) is 13.1 Å². The third-order valence-corrected chi connectivity index (χ3v) is 4.52. The number of carbonyl (C=O) groups is 2. The second-order valence-electron chi connectivity index (χ2n) is 6.18. The smallest absolute Gasteiger partial charge is 0.253 e. The molecule has 0 radical (unpaired) electrons. The summed E-state index contributed by atoms with van der Waals surface area (Å²) in [6.07, 6.45) is 1.64. The van der Waals surface area contributed by atoms with Crippen LogP contribution in [0.15, 0.2) is 54.6 Å². The molecular formula is C20H21NO3. The van der Waals surface area contributed by atoms with Crippen LogP contribution in [0.5, 0.6) is 0 Å². The summed E-state index contributed by atoms with van der Waals surface area (Å²) in [5.74, 6) is -0.0971. The molecule has 1 aliphatic rings. The van der Waals surface area contributed by atoms with Gasteiger partial charge in [-0.2, -0.15) is 0 Å². The van der Waals surface area contributed by atoms with E-state index in [9.17, 15) is 9.59 Å². The zero-order valence-electron chi connectivity index (χ0n) is 13.5. The predicted molar refractivity (Wildman–Crippen MR) is 91.8 cm³/mol. The molecule has 1 atom stereocenters. The molecule has 2 aromatic rings. The van der Waals surface area contributed by atoms with Crippen molar-refractivity contribution in [3.8, 4) is 0 Å². The van der Waals surface area contributed by atoms with Crippen LogP contribution in [0.4, 0.5) is 0 Å². The number of likely N-dealkylation sites (tertiary alicyclic amines) is 1. The summed E-state index contributed by atoms with van der Waals surface area (Å²) in [5.41, 5.74) is 2.10. The lowest BCUT2D eigenvalue weighted by Crippen LogP contribution is -2.42. The summed E-state index contributed by atoms with van der Waals surface area (Å²) < 4.78 is 0. The van der Waals surface area contributed by atoms with Crippen LogP contribution in [-0.4, -0.2) is 34.8 Å². The zero-order valence-corrected chi connectivity index (χ0v) is 13.5. The van der Waals surface area contributed by atoms with E-state index in [2.05, 4.69) is 0 Å². The number of Topliss-reactive ketones (excluding diaryl/α,β-unsaturated/α-hetero) is 1. The van der Waals surface area contributed by atoms with E-state index < -0.39 is 0 Å². The lowest BCUT2D eigenvalue weighted by Gasteiger charge is -2.32. The highest BCUT2D eigenvalue weighted by Crippen LogP contribution is 2.22. The van der Waals surface area contributed by atoms with Crippen LogP contribution in [0.2, 0.25) is 0 Å². The van der Waals surface area contributed by atoms with Gasteiger partial charge in [-0.1, -0.05) is 42.5 Å². The van der Waals surface area contributed by atoms with Gasteiger partial charge in [0.15, 0.2) is 5.78 Å². The minimum atomic E-state index is -0.161. The number of hydrogen-bond acceptors (Lipinski definition) is 3. The van der Waals surface area contributed by atoms with Crippen molar-refractivity contribution >= 4 is 11.7 Å². The molecule has 24 heavy (non-hydrogen) atoms. The summed E-state index contributed by atoms with van der Waals surface area (Å²) in [5, 5.41) is 9.09. The monoisotopic (exact) mass is 323 g/mol. The van der Waals surface area contributed by atoms with Crippen LogP contribution >= 0.6 is 0 Å². The number of piperidine rings is 1. The lowest BCUT2D eigenvalue weighted by atomic mass is 9.89. The maximum Gasteiger partial charge on any atom is 0.253 e. The van der Waals surface area contributed by atoms with Gasteiger partial charge in [0.1, 0.15) is 0 Å². The molecule has 1 saturated heterocycles. The van der Waals surface area contributed by atoms with Crippen LogP contribution in [0, 0.1) is 5.92 Å². The largest absolute Gasteiger partial charge is 0.392 e. The van der Waals surface area contributed by atoms with Gasteiger partial charge in [0.25, 0.3) is 5.91 Å². The van der Waals surface area contributed by atoms with E-state index in [0.29, 0.717) is 24.2 Å². The zero-order chi connectivity index (χ0) is 16.9. The lowest BCUT2D eigenvalue weighted by molar-refractivity contribution is 0.0637. The van der Waals surface area contributed by atoms with Gasteiger partial charge in [0.2, 0.25) is 0 Å². The Morgan fingerprint density at radius 2 is 1.71 bits per heavy atom. The minimum Gasteiger partial charge on any atom is -0.392 e. The Hall–Kier alpha value is -2.46. The van der Waals surface area contributed by atoms with Crippen LogP contribution in [0.1, 0.15) is 39.1 Å². The van der Waals surface area contributed by atoms with Crippen molar-refractivity contribution in [2.24, 2.45) is 5.92 Å². The van der Waals surface area contributed by atoms with Gasteiger partial charge in [-0.3, -0.25) is 9.59 Å². The van der Waals surface area contributed by atoms with Gasteiger partial charge < -0.3 is 10.0 Å². The molecule has 0 aliphatic carbocycles. The van der Waals surface area contributed by atoms with E-state index in [1.807, 2.05) is 18.2 Å². The number of nitrogens with zero attached hydrogens (tertiary/aromatic N) is 1. The van der Waals surface area contributed by atoms with Gasteiger partial charge in [0.05, 0.1) is 6.61 Å². The van der Waals surface area contributed by atoms with E-state index in [1.165, 1.54) is 0 Å². The second kappa shape index (κ2) is 7.41. The van der Waals surface area contributed by atoms with Crippen LogP contribution in [0.3, 0.4) is 0 Å². The summed E-state index contributed by atoms with van der Waals surface area (Å²) in [6.45, 7) is 1.13. The first-order valence-corrected chi connectivity index (χ1v) is 8.27. The van der Waals surface area contributed by atoms with Crippen molar-refractivity contribution in [1.82, 2.24) is 4.90 Å². The molecule has 0 saturated carbocycles. The Kier molecular flexibility index (Phi) is 5.06. The first-order chi connectivity index (χ1) is 11.7. The first-order valence-electron chi connectivity index (χ1n) is 8.27. The van der Waals surface area contributed by atoms with E-state index in [4.69, 9.17) is 5.11 Å². The average molecular weight is 323 g/mol. The SMILES string of the molecule is O=C(c1ccc(CO)cc1)C1CCCN(C(=O)c2ccccc2)C1. The average Bonchev–Trinajstić information content (AvgIpc) is 2.67. The highest BCUT2D eigenvalue weighted by molar-refractivity contribution is 5.99. The molecule has 1 heterocycles. The molecule has 124 valence electrons. The van der Waals surface area contributed by atoms with Crippen LogP contribution in [0.25, 0.3) is 0 Å². The van der Waals surface area contributed by atoms with Gasteiger partial charge in [0, 0.05) is 30.1 Å². The summed E-state index contributed by atoms with van der Waals surface area (Å²) in [6, 6.07) is 16.2. The van der Waals surface area contributed by atoms with E-state index in [-0.39, 0.29) is 24.2 Å². The Morgan fingerprint density at radius 3 is 2.38 bits per heavy atom. The van der Waals surface area contributed by atoms with Gasteiger partial charge in [-0.25, -0.2) is 0 Å². The molecule has 1 N–H and O–H groups in total.